The van der Waals surface area contributed by atoms with Crippen molar-refractivity contribution < 1.29 is 96.8 Å². The van der Waals surface area contributed by atoms with Gasteiger partial charge < -0.3 is 0 Å². The number of aromatic amines is 1. The van der Waals surface area contributed by atoms with Gasteiger partial charge in [-0.1, -0.05) is 0 Å². The lowest BCUT2D eigenvalue weighted by Gasteiger charge is -2.44. The zero-order chi connectivity index (χ0) is 31.0. The molecule has 38 heavy (non-hydrogen) atoms. The van der Waals surface area contributed by atoms with Crippen molar-refractivity contribution in [2.24, 2.45) is 0 Å². The van der Waals surface area contributed by atoms with Gasteiger partial charge in [-0.05, 0) is 6.92 Å². The van der Waals surface area contributed by atoms with Crippen LogP contribution in [-0.2, 0) is 12.5 Å². The van der Waals surface area contributed by atoms with Gasteiger partial charge in [-0.15, -0.1) is 0 Å². The quantitative estimate of drug-likeness (QED) is 0.215. The van der Waals surface area contributed by atoms with Crippen molar-refractivity contribution in [1.29, 1.82) is 0 Å². The molecule has 0 aliphatic carbocycles. The van der Waals surface area contributed by atoms with Gasteiger partial charge in [-0.25, -0.2) is 9.55 Å². The molecule has 0 spiro atoms. The van der Waals surface area contributed by atoms with Gasteiger partial charge in [0.2, 0.25) is 0 Å². The molecule has 0 saturated carbocycles. The number of H-pyrrole nitrogens is 1. The van der Waals surface area contributed by atoms with Gasteiger partial charge in [-0.2, -0.15) is 92.2 Å². The molecule has 0 aliphatic heterocycles. The third-order valence-corrected chi connectivity index (χ3v) is 4.91. The van der Waals surface area contributed by atoms with Crippen molar-refractivity contribution in [2.45, 2.75) is 72.9 Å². The number of hydrogen-bond donors (Lipinski definition) is 1. The highest BCUT2D eigenvalue weighted by molar-refractivity contribution is 5.18. The standard InChI is InChI=1S/C15H7F21N2/c1-2-38-4-3-37-5(38)6(16,17)7(18,19)8(20,21)9(22,23)10(24,25)11(26,27)12(28,29)13(30,31)14(32,33)15(34,35)36/h3-4H,2H2,1H3/p+1. The Balaban J connectivity index is 3.84. The molecule has 0 amide bonds. The molecule has 0 bridgehead atoms. The summed E-state index contributed by atoms with van der Waals surface area (Å²) in [5.41, 5.74) is 0. The number of imidazole rings is 1. The molecule has 1 N–H and O–H groups in total. The number of nitrogens with one attached hydrogen (secondary N) is 1. The first-order chi connectivity index (χ1) is 16.3. The Morgan fingerprint density at radius 3 is 1.08 bits per heavy atom. The molecule has 1 aromatic heterocycles. The van der Waals surface area contributed by atoms with Gasteiger partial charge in [0.25, 0.3) is 0 Å². The van der Waals surface area contributed by atoms with E-state index in [1.807, 2.05) is 0 Å². The first kappa shape index (κ1) is 33.8. The number of rotatable bonds is 10. The first-order valence-electron chi connectivity index (χ1n) is 8.85. The van der Waals surface area contributed by atoms with E-state index in [2.05, 4.69) is 0 Å². The third kappa shape index (κ3) is 3.86. The molecule has 2 nitrogen and oxygen atoms in total. The Morgan fingerprint density at radius 1 is 0.500 bits per heavy atom. The molecule has 0 saturated heterocycles. The Morgan fingerprint density at radius 2 is 0.789 bits per heavy atom. The minimum absolute atomic E-state index is 0.164. The average Bonchev–Trinajstić information content (AvgIpc) is 3.21. The molecule has 0 fully saturated rings. The van der Waals surface area contributed by atoms with Gasteiger partial charge in [0.05, 0.1) is 6.54 Å². The zero-order valence-corrected chi connectivity index (χ0v) is 17.2. The summed E-state index contributed by atoms with van der Waals surface area (Å²) in [6, 6.07) is 0. The first-order valence-corrected chi connectivity index (χ1v) is 8.85. The van der Waals surface area contributed by atoms with Crippen molar-refractivity contribution >= 4 is 0 Å². The van der Waals surface area contributed by atoms with Crippen LogP contribution in [0.2, 0.25) is 0 Å². The second-order valence-corrected chi connectivity index (χ2v) is 7.26. The Bertz CT molecular complexity index is 1000. The van der Waals surface area contributed by atoms with Crippen molar-refractivity contribution in [2.75, 3.05) is 0 Å². The second-order valence-electron chi connectivity index (χ2n) is 7.26. The predicted octanol–water partition coefficient (Wildman–Crippen LogP) is 7.06. The molecule has 0 aromatic carbocycles. The number of nitrogens with zero attached hydrogens (tertiary/aromatic N) is 1. The van der Waals surface area contributed by atoms with Crippen molar-refractivity contribution in [1.82, 2.24) is 4.98 Å². The van der Waals surface area contributed by atoms with E-state index in [1.54, 1.807) is 0 Å². The number of alkyl halides is 21. The molecule has 1 rings (SSSR count). The molecule has 0 atom stereocenters. The monoisotopic (exact) mass is 615 g/mol. The van der Waals surface area contributed by atoms with Gasteiger partial charge in [0, 0.05) is 0 Å². The summed E-state index contributed by atoms with van der Waals surface area (Å²) >= 11 is 0. The van der Waals surface area contributed by atoms with Crippen molar-refractivity contribution in [3.05, 3.63) is 18.2 Å². The van der Waals surface area contributed by atoms with Crippen LogP contribution in [0.3, 0.4) is 0 Å². The van der Waals surface area contributed by atoms with Crippen molar-refractivity contribution in [3.63, 3.8) is 0 Å². The minimum Gasteiger partial charge on any atom is -0.242 e. The lowest BCUT2D eigenvalue weighted by molar-refractivity contribution is -0.711. The molecule has 0 radical (unpaired) electrons. The smallest absolute Gasteiger partial charge is 0.242 e. The number of aryl methyl sites for hydroxylation is 1. The highest BCUT2D eigenvalue weighted by Crippen LogP contribution is 2.66. The van der Waals surface area contributed by atoms with Gasteiger partial charge in [0.1, 0.15) is 12.4 Å². The molecule has 23 heteroatoms. The molecule has 0 unspecified atom stereocenters. The fourth-order valence-corrected chi connectivity index (χ4v) is 2.61. The van der Waals surface area contributed by atoms with Crippen LogP contribution >= 0.6 is 0 Å². The SMILES string of the molecule is CC[n+]1cc[nH]c1C(F)(F)C(F)(F)C(F)(F)C(F)(F)C(F)(F)C(F)(F)C(F)(F)C(F)(F)C(F)(F)C(F)(F)F. The van der Waals surface area contributed by atoms with Crippen LogP contribution in [-0.4, -0.2) is 58.5 Å². The molecular weight excluding hydrogens is 607 g/mol. The predicted molar refractivity (Wildman–Crippen MR) is 76.2 cm³/mol. The molecule has 1 aromatic rings. The summed E-state index contributed by atoms with van der Waals surface area (Å²) in [4.78, 5) is 1.08. The highest BCUT2D eigenvalue weighted by Gasteiger charge is 2.98. The maximum Gasteiger partial charge on any atom is 0.460 e. The van der Waals surface area contributed by atoms with Crippen molar-refractivity contribution in [3.8, 4) is 0 Å². The normalized spacial score (nSPS) is 16.3. The van der Waals surface area contributed by atoms with E-state index in [-0.39, 0.29) is 10.8 Å². The van der Waals surface area contributed by atoms with E-state index in [0.717, 1.165) is 11.9 Å². The van der Waals surface area contributed by atoms with Crippen LogP contribution in [0.5, 0.6) is 0 Å². The number of hydrogen-bond acceptors (Lipinski definition) is 0. The van der Waals surface area contributed by atoms with Crippen LogP contribution in [0.4, 0.5) is 92.2 Å². The Kier molecular flexibility index (Phi) is 7.66. The van der Waals surface area contributed by atoms with Gasteiger partial charge in [0.15, 0.2) is 0 Å². The van der Waals surface area contributed by atoms with Crippen LogP contribution < -0.4 is 4.57 Å². The summed E-state index contributed by atoms with van der Waals surface area (Å²) in [5.74, 6) is -79.6. The van der Waals surface area contributed by atoms with E-state index < -0.39 is 71.8 Å². The van der Waals surface area contributed by atoms with E-state index in [4.69, 9.17) is 0 Å². The van der Waals surface area contributed by atoms with E-state index in [1.165, 1.54) is 0 Å². The Hall–Kier alpha value is -2.26. The number of aromatic nitrogens is 2. The molecule has 224 valence electrons. The highest BCUT2D eigenvalue weighted by atomic mass is 19.4. The topological polar surface area (TPSA) is 19.7 Å². The van der Waals surface area contributed by atoms with Crippen LogP contribution in [0.25, 0.3) is 0 Å². The number of halogens is 21. The maximum atomic E-state index is 14.1. The van der Waals surface area contributed by atoms with Gasteiger partial charge in [-0.3, -0.25) is 0 Å². The summed E-state index contributed by atoms with van der Waals surface area (Å²) in [6.45, 7) is -0.0680. The third-order valence-electron chi connectivity index (χ3n) is 4.91. The summed E-state index contributed by atoms with van der Waals surface area (Å²) in [5, 5.41) is 0. The molecule has 1 heterocycles. The summed E-state index contributed by atoms with van der Waals surface area (Å²) in [7, 11) is 0. The minimum atomic E-state index is -9.17. The lowest BCUT2D eigenvalue weighted by atomic mass is 9.86. The zero-order valence-electron chi connectivity index (χ0n) is 17.2. The fraction of sp³-hybridized carbons (Fsp3) is 0.800. The molecular formula is C15H8F21N2+. The van der Waals surface area contributed by atoms with Gasteiger partial charge >= 0.3 is 65.3 Å². The lowest BCUT2D eigenvalue weighted by Crippen LogP contribution is -2.76. The van der Waals surface area contributed by atoms with E-state index >= 15 is 0 Å². The van der Waals surface area contributed by atoms with E-state index in [0.29, 0.717) is 6.20 Å². The van der Waals surface area contributed by atoms with Crippen LogP contribution in [0.1, 0.15) is 12.7 Å². The average molecular weight is 615 g/mol. The molecule has 0 aliphatic rings. The van der Waals surface area contributed by atoms with Crippen LogP contribution in [0.15, 0.2) is 12.4 Å². The second kappa shape index (κ2) is 8.62. The fourth-order valence-electron chi connectivity index (χ4n) is 2.61. The van der Waals surface area contributed by atoms with E-state index in [9.17, 15) is 92.2 Å². The maximum absolute atomic E-state index is 14.1. The Labute approximate surface area is 194 Å². The summed E-state index contributed by atoms with van der Waals surface area (Å²) < 4.78 is 280. The largest absolute Gasteiger partial charge is 0.460 e. The van der Waals surface area contributed by atoms with Crippen LogP contribution in [0, 0.1) is 0 Å². The summed E-state index contributed by atoms with van der Waals surface area (Å²) in [6.07, 6.45) is -7.43.